The second-order valence-corrected chi connectivity index (χ2v) is 5.44. The minimum absolute atomic E-state index is 0.638. The number of aromatic nitrogens is 4. The summed E-state index contributed by atoms with van der Waals surface area (Å²) in [5.41, 5.74) is 1.29. The van der Waals surface area contributed by atoms with Crippen LogP contribution in [0.2, 0.25) is 0 Å². The Labute approximate surface area is 125 Å². The second kappa shape index (κ2) is 7.17. The third-order valence-corrected chi connectivity index (χ3v) is 3.99. The normalized spacial score (nSPS) is 16.3. The van der Waals surface area contributed by atoms with Gasteiger partial charge in [-0.3, -0.25) is 9.67 Å². The van der Waals surface area contributed by atoms with Crippen molar-refractivity contribution < 1.29 is 0 Å². The van der Waals surface area contributed by atoms with E-state index in [1.807, 2.05) is 23.3 Å². The van der Waals surface area contributed by atoms with E-state index in [4.69, 9.17) is 0 Å². The van der Waals surface area contributed by atoms with E-state index in [9.17, 15) is 0 Å². The van der Waals surface area contributed by atoms with Crippen LogP contribution in [0.3, 0.4) is 0 Å². The second-order valence-electron chi connectivity index (χ2n) is 5.44. The number of aryl methyl sites for hydroxylation is 1. The molecule has 0 atom stereocenters. The average Bonchev–Trinajstić information content (AvgIpc) is 3.06. The molecule has 0 bridgehead atoms. The fourth-order valence-corrected chi connectivity index (χ4v) is 2.80. The summed E-state index contributed by atoms with van der Waals surface area (Å²) in [4.78, 5) is 6.52. The highest BCUT2D eigenvalue weighted by Gasteiger charge is 2.18. The molecular formula is C15H22N6. The molecule has 0 aromatic carbocycles. The first-order chi connectivity index (χ1) is 10.4. The van der Waals surface area contributed by atoms with Crippen molar-refractivity contribution in [2.24, 2.45) is 0 Å². The molecule has 1 fully saturated rings. The van der Waals surface area contributed by atoms with Crippen LogP contribution in [0.15, 0.2) is 36.9 Å². The summed E-state index contributed by atoms with van der Waals surface area (Å²) in [6.07, 6.45) is 10.9. The number of nitrogens with one attached hydrogen (secondary N) is 1. The fraction of sp³-hybridized carbons (Fsp3) is 0.533. The molecule has 0 amide bonds. The third-order valence-electron chi connectivity index (χ3n) is 3.99. The molecule has 0 radical (unpaired) electrons. The molecule has 1 aliphatic rings. The SMILES string of the molecule is c1cc(N2CCC(NCCCn3ccnn3)CC2)ccn1. The fourth-order valence-electron chi connectivity index (χ4n) is 2.80. The van der Waals surface area contributed by atoms with Gasteiger partial charge in [0.15, 0.2) is 0 Å². The highest BCUT2D eigenvalue weighted by molar-refractivity contribution is 5.44. The van der Waals surface area contributed by atoms with E-state index in [0.717, 1.165) is 32.6 Å². The molecule has 3 heterocycles. The number of pyridine rings is 1. The summed E-state index contributed by atoms with van der Waals surface area (Å²) in [6.45, 7) is 4.21. The minimum atomic E-state index is 0.638. The van der Waals surface area contributed by atoms with Gasteiger partial charge in [0, 0.05) is 50.0 Å². The maximum atomic E-state index is 4.08. The predicted octanol–water partition coefficient (Wildman–Crippen LogP) is 1.32. The van der Waals surface area contributed by atoms with Gasteiger partial charge >= 0.3 is 0 Å². The predicted molar refractivity (Wildman–Crippen MR) is 82.1 cm³/mol. The number of anilines is 1. The Kier molecular flexibility index (Phi) is 4.78. The molecule has 1 saturated heterocycles. The van der Waals surface area contributed by atoms with Crippen LogP contribution in [0.4, 0.5) is 5.69 Å². The summed E-state index contributed by atoms with van der Waals surface area (Å²) in [5, 5.41) is 11.4. The highest BCUT2D eigenvalue weighted by Crippen LogP contribution is 2.18. The molecule has 1 N–H and O–H groups in total. The summed E-state index contributed by atoms with van der Waals surface area (Å²) in [6, 6.07) is 4.82. The van der Waals surface area contributed by atoms with Gasteiger partial charge in [0.05, 0.1) is 6.20 Å². The van der Waals surface area contributed by atoms with Gasteiger partial charge in [0.25, 0.3) is 0 Å². The van der Waals surface area contributed by atoms with Crippen molar-refractivity contribution in [1.82, 2.24) is 25.3 Å². The van der Waals surface area contributed by atoms with E-state index in [2.05, 4.69) is 37.6 Å². The van der Waals surface area contributed by atoms with Gasteiger partial charge in [-0.2, -0.15) is 0 Å². The number of nitrogens with zero attached hydrogens (tertiary/aromatic N) is 5. The molecule has 0 saturated carbocycles. The van der Waals surface area contributed by atoms with Crippen molar-refractivity contribution in [3.8, 4) is 0 Å². The van der Waals surface area contributed by atoms with Crippen molar-refractivity contribution >= 4 is 5.69 Å². The number of hydrogen-bond acceptors (Lipinski definition) is 5. The summed E-state index contributed by atoms with van der Waals surface area (Å²) >= 11 is 0. The van der Waals surface area contributed by atoms with Crippen molar-refractivity contribution in [2.45, 2.75) is 31.8 Å². The first-order valence-corrected chi connectivity index (χ1v) is 7.64. The molecule has 1 aliphatic heterocycles. The van der Waals surface area contributed by atoms with Crippen LogP contribution in [0.5, 0.6) is 0 Å². The molecule has 0 aliphatic carbocycles. The maximum absolute atomic E-state index is 4.08. The van der Waals surface area contributed by atoms with Gasteiger partial charge in [-0.1, -0.05) is 5.21 Å². The zero-order valence-electron chi connectivity index (χ0n) is 12.2. The zero-order valence-corrected chi connectivity index (χ0v) is 12.2. The number of piperidine rings is 1. The summed E-state index contributed by atoms with van der Waals surface area (Å²) < 4.78 is 1.88. The smallest absolute Gasteiger partial charge is 0.0692 e. The topological polar surface area (TPSA) is 58.9 Å². The average molecular weight is 286 g/mol. The van der Waals surface area contributed by atoms with Crippen LogP contribution in [0.1, 0.15) is 19.3 Å². The molecule has 2 aromatic heterocycles. The molecule has 6 heteroatoms. The van der Waals surface area contributed by atoms with Crippen LogP contribution in [-0.2, 0) is 6.54 Å². The first-order valence-electron chi connectivity index (χ1n) is 7.64. The highest BCUT2D eigenvalue weighted by atomic mass is 15.4. The van der Waals surface area contributed by atoms with Crippen molar-refractivity contribution in [3.05, 3.63) is 36.9 Å². The van der Waals surface area contributed by atoms with Crippen LogP contribution < -0.4 is 10.2 Å². The lowest BCUT2D eigenvalue weighted by molar-refractivity contribution is 0.403. The van der Waals surface area contributed by atoms with Crippen molar-refractivity contribution in [1.29, 1.82) is 0 Å². The van der Waals surface area contributed by atoms with Gasteiger partial charge < -0.3 is 10.2 Å². The van der Waals surface area contributed by atoms with Gasteiger partial charge in [0.2, 0.25) is 0 Å². The third kappa shape index (κ3) is 4.01. The Morgan fingerprint density at radius 2 is 1.95 bits per heavy atom. The lowest BCUT2D eigenvalue weighted by atomic mass is 10.0. The minimum Gasteiger partial charge on any atom is -0.371 e. The molecule has 3 rings (SSSR count). The zero-order chi connectivity index (χ0) is 14.3. The largest absolute Gasteiger partial charge is 0.371 e. The van der Waals surface area contributed by atoms with E-state index in [-0.39, 0.29) is 0 Å². The Bertz CT molecular complexity index is 504. The molecule has 6 nitrogen and oxygen atoms in total. The molecule has 0 unspecified atom stereocenters. The molecule has 0 spiro atoms. The van der Waals surface area contributed by atoms with E-state index in [0.29, 0.717) is 6.04 Å². The van der Waals surface area contributed by atoms with Gasteiger partial charge in [0.1, 0.15) is 0 Å². The molecule has 2 aromatic rings. The lowest BCUT2D eigenvalue weighted by Crippen LogP contribution is -2.43. The Morgan fingerprint density at radius 1 is 1.14 bits per heavy atom. The molecule has 112 valence electrons. The molecule has 21 heavy (non-hydrogen) atoms. The van der Waals surface area contributed by atoms with Crippen LogP contribution in [-0.4, -0.2) is 45.7 Å². The lowest BCUT2D eigenvalue weighted by Gasteiger charge is -2.34. The number of rotatable bonds is 6. The van der Waals surface area contributed by atoms with Gasteiger partial charge in [-0.25, -0.2) is 0 Å². The van der Waals surface area contributed by atoms with Crippen LogP contribution in [0.25, 0.3) is 0 Å². The van der Waals surface area contributed by atoms with E-state index in [1.165, 1.54) is 18.5 Å². The monoisotopic (exact) mass is 286 g/mol. The van der Waals surface area contributed by atoms with Crippen molar-refractivity contribution in [2.75, 3.05) is 24.5 Å². The summed E-state index contributed by atoms with van der Waals surface area (Å²) in [7, 11) is 0. The van der Waals surface area contributed by atoms with Crippen LogP contribution >= 0.6 is 0 Å². The Morgan fingerprint density at radius 3 is 2.67 bits per heavy atom. The van der Waals surface area contributed by atoms with E-state index in [1.54, 1.807) is 6.20 Å². The number of hydrogen-bond donors (Lipinski definition) is 1. The first kappa shape index (κ1) is 14.0. The van der Waals surface area contributed by atoms with E-state index >= 15 is 0 Å². The summed E-state index contributed by atoms with van der Waals surface area (Å²) in [5.74, 6) is 0. The maximum Gasteiger partial charge on any atom is 0.0692 e. The standard InChI is InChI=1S/C15H22N6/c1(10-21-13-9-18-19-21)6-17-14-4-11-20(12-5-14)15-2-7-16-8-3-15/h2-3,7-9,13-14,17H,1,4-6,10-12H2. The quantitative estimate of drug-likeness (QED) is 0.812. The molecular weight excluding hydrogens is 264 g/mol. The van der Waals surface area contributed by atoms with Gasteiger partial charge in [-0.15, -0.1) is 5.10 Å². The Hall–Kier alpha value is -1.95. The van der Waals surface area contributed by atoms with Crippen LogP contribution in [0, 0.1) is 0 Å². The van der Waals surface area contributed by atoms with Crippen molar-refractivity contribution in [3.63, 3.8) is 0 Å². The Balaban J connectivity index is 1.34. The van der Waals surface area contributed by atoms with E-state index < -0.39 is 0 Å². The van der Waals surface area contributed by atoms with Gasteiger partial charge in [-0.05, 0) is 37.9 Å².